The molecule has 1 fully saturated rings. The zero-order chi connectivity index (χ0) is 11.4. The molecule has 1 aliphatic heterocycles. The molecule has 2 N–H and O–H groups in total. The van der Waals surface area contributed by atoms with E-state index in [1.807, 2.05) is 6.07 Å². The highest BCUT2D eigenvalue weighted by Gasteiger charge is 2.35. The highest BCUT2D eigenvalue weighted by molar-refractivity contribution is 5.06. The molecule has 1 aliphatic rings. The molecule has 0 aromatic carbocycles. The third kappa shape index (κ3) is 2.29. The van der Waals surface area contributed by atoms with Gasteiger partial charge in [-0.2, -0.15) is 0 Å². The van der Waals surface area contributed by atoms with Gasteiger partial charge in [0, 0.05) is 37.4 Å². The van der Waals surface area contributed by atoms with E-state index in [-0.39, 0.29) is 5.54 Å². The van der Waals surface area contributed by atoms with E-state index in [1.165, 1.54) is 5.56 Å². The van der Waals surface area contributed by atoms with Crippen molar-refractivity contribution in [3.8, 4) is 0 Å². The topological polar surface area (TPSA) is 51.6 Å². The third-order valence-corrected chi connectivity index (χ3v) is 3.61. The van der Waals surface area contributed by atoms with Crippen LogP contribution in [0.5, 0.6) is 0 Å². The molecule has 2 heterocycles. The van der Waals surface area contributed by atoms with Gasteiger partial charge in [-0.1, -0.05) is 0 Å². The van der Waals surface area contributed by atoms with Crippen LogP contribution in [0.4, 0.5) is 0 Å². The maximum Gasteiger partial charge on any atom is 0.0947 e. The first-order valence-corrected chi connectivity index (χ1v) is 5.77. The molecule has 4 heteroatoms. The molecule has 0 aliphatic carbocycles. The normalized spacial score (nSPS) is 20.2. The summed E-state index contributed by atoms with van der Waals surface area (Å²) in [5, 5.41) is 0. The Morgan fingerprint density at radius 1 is 1.44 bits per heavy atom. The minimum atomic E-state index is 0.0928. The van der Waals surface area contributed by atoms with Crippen LogP contribution in [0.25, 0.3) is 0 Å². The predicted octanol–water partition coefficient (Wildman–Crippen LogP) is 1.22. The van der Waals surface area contributed by atoms with Gasteiger partial charge in [0.05, 0.1) is 12.5 Å². The summed E-state index contributed by atoms with van der Waals surface area (Å²) in [4.78, 5) is 2.33. The number of ether oxygens (including phenoxy) is 1. The number of nitrogens with zero attached hydrogens (tertiary/aromatic N) is 1. The Hall–Kier alpha value is -0.840. The molecule has 0 amide bonds. The zero-order valence-corrected chi connectivity index (χ0v) is 9.82. The number of furan rings is 1. The molecule has 2 rings (SSSR count). The standard InChI is InChI=1S/C12H20N2O2/c1-14(8-11-2-5-16-9-11)12(10-13)3-6-15-7-4-12/h2,5,9H,3-4,6-8,10,13H2,1H3. The summed E-state index contributed by atoms with van der Waals surface area (Å²) in [5.74, 6) is 0. The Kier molecular flexibility index (Phi) is 3.63. The third-order valence-electron chi connectivity index (χ3n) is 3.61. The van der Waals surface area contributed by atoms with Crippen molar-refractivity contribution in [1.29, 1.82) is 0 Å². The molecular weight excluding hydrogens is 204 g/mol. The zero-order valence-electron chi connectivity index (χ0n) is 9.82. The molecule has 0 bridgehead atoms. The van der Waals surface area contributed by atoms with E-state index < -0.39 is 0 Å². The summed E-state index contributed by atoms with van der Waals surface area (Å²) in [6.07, 6.45) is 5.53. The van der Waals surface area contributed by atoms with Gasteiger partial charge in [-0.25, -0.2) is 0 Å². The second-order valence-corrected chi connectivity index (χ2v) is 4.53. The van der Waals surface area contributed by atoms with Crippen molar-refractivity contribution in [3.63, 3.8) is 0 Å². The maximum absolute atomic E-state index is 5.95. The summed E-state index contributed by atoms with van der Waals surface area (Å²) in [6, 6.07) is 2.00. The fourth-order valence-electron chi connectivity index (χ4n) is 2.32. The smallest absolute Gasteiger partial charge is 0.0947 e. The Balaban J connectivity index is 2.02. The van der Waals surface area contributed by atoms with Crippen molar-refractivity contribution >= 4 is 0 Å². The fourth-order valence-corrected chi connectivity index (χ4v) is 2.32. The van der Waals surface area contributed by atoms with Gasteiger partial charge >= 0.3 is 0 Å². The fraction of sp³-hybridized carbons (Fsp3) is 0.667. The average Bonchev–Trinajstić information content (AvgIpc) is 2.82. The molecule has 0 radical (unpaired) electrons. The molecule has 0 spiro atoms. The summed E-state index contributed by atoms with van der Waals surface area (Å²) >= 11 is 0. The lowest BCUT2D eigenvalue weighted by molar-refractivity contribution is -0.0164. The minimum absolute atomic E-state index is 0.0928. The molecular formula is C12H20N2O2. The van der Waals surface area contributed by atoms with Gasteiger partial charge in [0.15, 0.2) is 0 Å². The quantitative estimate of drug-likeness (QED) is 0.835. The van der Waals surface area contributed by atoms with Crippen molar-refractivity contribution in [3.05, 3.63) is 24.2 Å². The van der Waals surface area contributed by atoms with E-state index in [4.69, 9.17) is 14.9 Å². The molecule has 4 nitrogen and oxygen atoms in total. The van der Waals surface area contributed by atoms with E-state index in [1.54, 1.807) is 12.5 Å². The summed E-state index contributed by atoms with van der Waals surface area (Å²) < 4.78 is 10.5. The lowest BCUT2D eigenvalue weighted by atomic mass is 9.88. The summed E-state index contributed by atoms with van der Waals surface area (Å²) in [5.41, 5.74) is 7.24. The van der Waals surface area contributed by atoms with Gasteiger partial charge in [-0.15, -0.1) is 0 Å². The summed E-state index contributed by atoms with van der Waals surface area (Å²) in [6.45, 7) is 3.19. The molecule has 0 atom stereocenters. The van der Waals surface area contributed by atoms with E-state index in [0.717, 1.165) is 32.6 Å². The van der Waals surface area contributed by atoms with Crippen LogP contribution in [0.2, 0.25) is 0 Å². The Morgan fingerprint density at radius 2 is 2.19 bits per heavy atom. The molecule has 1 saturated heterocycles. The van der Waals surface area contributed by atoms with Crippen LogP contribution >= 0.6 is 0 Å². The highest BCUT2D eigenvalue weighted by Crippen LogP contribution is 2.27. The second-order valence-electron chi connectivity index (χ2n) is 4.53. The van der Waals surface area contributed by atoms with Gasteiger partial charge in [-0.3, -0.25) is 4.90 Å². The molecule has 0 unspecified atom stereocenters. The largest absolute Gasteiger partial charge is 0.472 e. The van der Waals surface area contributed by atoms with Crippen LogP contribution in [0.3, 0.4) is 0 Å². The molecule has 0 saturated carbocycles. The van der Waals surface area contributed by atoms with Gasteiger partial charge < -0.3 is 14.9 Å². The SMILES string of the molecule is CN(Cc1ccoc1)C1(CN)CCOCC1. The first-order chi connectivity index (χ1) is 7.77. The number of hydrogen-bond donors (Lipinski definition) is 1. The Bertz CT molecular complexity index is 305. The lowest BCUT2D eigenvalue weighted by Crippen LogP contribution is -2.54. The van der Waals surface area contributed by atoms with Crippen LogP contribution in [-0.2, 0) is 11.3 Å². The van der Waals surface area contributed by atoms with Crippen LogP contribution in [0.15, 0.2) is 23.0 Å². The number of hydrogen-bond acceptors (Lipinski definition) is 4. The highest BCUT2D eigenvalue weighted by atomic mass is 16.5. The van der Waals surface area contributed by atoms with Gasteiger partial charge in [0.1, 0.15) is 0 Å². The molecule has 90 valence electrons. The Labute approximate surface area is 96.4 Å². The lowest BCUT2D eigenvalue weighted by Gasteiger charge is -2.43. The van der Waals surface area contributed by atoms with E-state index in [0.29, 0.717) is 6.54 Å². The van der Waals surface area contributed by atoms with E-state index in [2.05, 4.69) is 11.9 Å². The second kappa shape index (κ2) is 4.99. The number of likely N-dealkylation sites (N-methyl/N-ethyl adjacent to an activating group) is 1. The minimum Gasteiger partial charge on any atom is -0.472 e. The first-order valence-electron chi connectivity index (χ1n) is 5.77. The summed E-state index contributed by atoms with van der Waals surface area (Å²) in [7, 11) is 2.13. The van der Waals surface area contributed by atoms with E-state index >= 15 is 0 Å². The van der Waals surface area contributed by atoms with Gasteiger partial charge in [0.2, 0.25) is 0 Å². The number of rotatable bonds is 4. The molecule has 16 heavy (non-hydrogen) atoms. The van der Waals surface area contributed by atoms with Crippen molar-refractivity contribution < 1.29 is 9.15 Å². The van der Waals surface area contributed by atoms with Crippen LogP contribution in [0, 0.1) is 0 Å². The average molecular weight is 224 g/mol. The molecule has 1 aromatic rings. The predicted molar refractivity (Wildman–Crippen MR) is 62.0 cm³/mol. The van der Waals surface area contributed by atoms with Crippen molar-refractivity contribution in [2.24, 2.45) is 5.73 Å². The van der Waals surface area contributed by atoms with Crippen LogP contribution < -0.4 is 5.73 Å². The van der Waals surface area contributed by atoms with Crippen molar-refractivity contribution in [2.75, 3.05) is 26.8 Å². The monoisotopic (exact) mass is 224 g/mol. The first kappa shape index (κ1) is 11.6. The number of nitrogens with two attached hydrogens (primary N) is 1. The maximum atomic E-state index is 5.95. The van der Waals surface area contributed by atoms with Gasteiger partial charge in [-0.05, 0) is 26.0 Å². The van der Waals surface area contributed by atoms with E-state index in [9.17, 15) is 0 Å². The van der Waals surface area contributed by atoms with Crippen LogP contribution in [0.1, 0.15) is 18.4 Å². The Morgan fingerprint density at radius 3 is 2.75 bits per heavy atom. The van der Waals surface area contributed by atoms with Crippen molar-refractivity contribution in [1.82, 2.24) is 4.90 Å². The van der Waals surface area contributed by atoms with Crippen LogP contribution in [-0.4, -0.2) is 37.2 Å². The molecule has 1 aromatic heterocycles. The van der Waals surface area contributed by atoms with Gasteiger partial charge in [0.25, 0.3) is 0 Å². The van der Waals surface area contributed by atoms with Crippen molar-refractivity contribution in [2.45, 2.75) is 24.9 Å².